The number of rotatable bonds is 3. The van der Waals surface area contributed by atoms with Gasteiger partial charge in [-0.3, -0.25) is 0 Å². The van der Waals surface area contributed by atoms with Crippen molar-refractivity contribution in [3.05, 3.63) is 46.7 Å². The Kier molecular flexibility index (Phi) is 3.06. The molecule has 4 heteroatoms. The SMILES string of the molecule is Cc1nn(-c2ccc(Cl)cc2)cc1CC=O. The Bertz CT molecular complexity index is 502. The predicted molar refractivity (Wildman–Crippen MR) is 63.1 cm³/mol. The van der Waals surface area contributed by atoms with Crippen molar-refractivity contribution in [2.45, 2.75) is 13.3 Å². The molecular formula is C12H11ClN2O. The molecule has 0 spiro atoms. The number of aldehydes is 1. The molecule has 0 bridgehead atoms. The predicted octanol–water partition coefficient (Wildman–Crippen LogP) is 2.58. The number of carbonyl (C=O) groups is 1. The van der Waals surface area contributed by atoms with Gasteiger partial charge in [0.1, 0.15) is 6.29 Å². The summed E-state index contributed by atoms with van der Waals surface area (Å²) in [6.45, 7) is 1.89. The number of hydrogen-bond acceptors (Lipinski definition) is 2. The average Bonchev–Trinajstić information content (AvgIpc) is 2.62. The lowest BCUT2D eigenvalue weighted by atomic mass is 10.2. The first-order chi connectivity index (χ1) is 7.70. The van der Waals surface area contributed by atoms with E-state index in [-0.39, 0.29) is 0 Å². The molecule has 16 heavy (non-hydrogen) atoms. The lowest BCUT2D eigenvalue weighted by Crippen LogP contribution is -1.93. The van der Waals surface area contributed by atoms with Crippen molar-refractivity contribution in [1.82, 2.24) is 9.78 Å². The van der Waals surface area contributed by atoms with Crippen molar-refractivity contribution in [3.8, 4) is 5.69 Å². The summed E-state index contributed by atoms with van der Waals surface area (Å²) in [6, 6.07) is 7.40. The zero-order valence-corrected chi connectivity index (χ0v) is 9.61. The summed E-state index contributed by atoms with van der Waals surface area (Å²) < 4.78 is 1.75. The van der Waals surface area contributed by atoms with E-state index in [1.54, 1.807) is 4.68 Å². The van der Waals surface area contributed by atoms with Crippen molar-refractivity contribution in [2.75, 3.05) is 0 Å². The van der Waals surface area contributed by atoms with Gasteiger partial charge in [-0.1, -0.05) is 11.6 Å². The molecule has 0 N–H and O–H groups in total. The van der Waals surface area contributed by atoms with Crippen LogP contribution in [0.2, 0.25) is 5.02 Å². The van der Waals surface area contributed by atoms with Crippen LogP contribution in [0, 0.1) is 6.92 Å². The summed E-state index contributed by atoms with van der Waals surface area (Å²) in [6.07, 6.45) is 3.16. The largest absolute Gasteiger partial charge is 0.303 e. The first-order valence-electron chi connectivity index (χ1n) is 4.95. The first-order valence-corrected chi connectivity index (χ1v) is 5.33. The second kappa shape index (κ2) is 4.49. The third-order valence-electron chi connectivity index (χ3n) is 2.39. The van der Waals surface area contributed by atoms with Gasteiger partial charge in [-0.15, -0.1) is 0 Å². The van der Waals surface area contributed by atoms with Gasteiger partial charge in [0.2, 0.25) is 0 Å². The lowest BCUT2D eigenvalue weighted by Gasteiger charge is -2.00. The Morgan fingerprint density at radius 3 is 2.69 bits per heavy atom. The maximum absolute atomic E-state index is 10.5. The van der Waals surface area contributed by atoms with E-state index in [0.29, 0.717) is 11.4 Å². The Labute approximate surface area is 98.7 Å². The molecule has 2 rings (SSSR count). The Hall–Kier alpha value is -1.61. The topological polar surface area (TPSA) is 34.9 Å². The number of aryl methyl sites for hydroxylation is 1. The van der Waals surface area contributed by atoms with E-state index < -0.39 is 0 Å². The zero-order valence-electron chi connectivity index (χ0n) is 8.85. The molecule has 0 saturated heterocycles. The minimum Gasteiger partial charge on any atom is -0.303 e. The molecule has 0 amide bonds. The van der Waals surface area contributed by atoms with Gasteiger partial charge in [-0.25, -0.2) is 4.68 Å². The van der Waals surface area contributed by atoms with E-state index in [1.165, 1.54) is 0 Å². The first kappa shape index (κ1) is 10.9. The minimum absolute atomic E-state index is 0.402. The molecule has 2 aromatic rings. The second-order valence-electron chi connectivity index (χ2n) is 3.53. The summed E-state index contributed by atoms with van der Waals surface area (Å²) in [5.74, 6) is 0. The smallest absolute Gasteiger partial charge is 0.124 e. The van der Waals surface area contributed by atoms with Gasteiger partial charge in [-0.05, 0) is 31.2 Å². The highest BCUT2D eigenvalue weighted by atomic mass is 35.5. The molecule has 0 aliphatic rings. The van der Waals surface area contributed by atoms with Crippen LogP contribution in [0.1, 0.15) is 11.3 Å². The van der Waals surface area contributed by atoms with Crippen molar-refractivity contribution < 1.29 is 4.79 Å². The van der Waals surface area contributed by atoms with Crippen LogP contribution >= 0.6 is 11.6 Å². The van der Waals surface area contributed by atoms with Gasteiger partial charge < -0.3 is 4.79 Å². The quantitative estimate of drug-likeness (QED) is 0.765. The van der Waals surface area contributed by atoms with Gasteiger partial charge in [-0.2, -0.15) is 5.10 Å². The number of nitrogens with zero attached hydrogens (tertiary/aromatic N) is 2. The van der Waals surface area contributed by atoms with Gasteiger partial charge in [0.15, 0.2) is 0 Å². The maximum Gasteiger partial charge on any atom is 0.124 e. The normalized spacial score (nSPS) is 10.4. The third kappa shape index (κ3) is 2.14. The Balaban J connectivity index is 2.37. The molecular weight excluding hydrogens is 224 g/mol. The number of aromatic nitrogens is 2. The summed E-state index contributed by atoms with van der Waals surface area (Å²) in [5, 5.41) is 5.04. The van der Waals surface area contributed by atoms with Gasteiger partial charge in [0.25, 0.3) is 0 Å². The molecule has 0 fully saturated rings. The van der Waals surface area contributed by atoms with E-state index in [9.17, 15) is 4.79 Å². The van der Waals surface area contributed by atoms with Crippen molar-refractivity contribution in [1.29, 1.82) is 0 Å². The van der Waals surface area contributed by atoms with Crippen LogP contribution in [0.5, 0.6) is 0 Å². The van der Waals surface area contributed by atoms with Crippen molar-refractivity contribution >= 4 is 17.9 Å². The zero-order chi connectivity index (χ0) is 11.5. The van der Waals surface area contributed by atoms with E-state index >= 15 is 0 Å². The highest BCUT2D eigenvalue weighted by Crippen LogP contribution is 2.15. The minimum atomic E-state index is 0.402. The van der Waals surface area contributed by atoms with Gasteiger partial charge in [0, 0.05) is 23.2 Å². The maximum atomic E-state index is 10.5. The molecule has 3 nitrogen and oxygen atoms in total. The van der Waals surface area contributed by atoms with Crippen LogP contribution in [0.4, 0.5) is 0 Å². The van der Waals surface area contributed by atoms with Gasteiger partial charge in [0.05, 0.1) is 11.4 Å². The van der Waals surface area contributed by atoms with E-state index in [4.69, 9.17) is 11.6 Å². The molecule has 1 aromatic heterocycles. The molecule has 0 radical (unpaired) electrons. The van der Waals surface area contributed by atoms with Crippen LogP contribution in [0.25, 0.3) is 5.69 Å². The van der Waals surface area contributed by atoms with Gasteiger partial charge >= 0.3 is 0 Å². The molecule has 1 heterocycles. The summed E-state index contributed by atoms with van der Waals surface area (Å²) in [7, 11) is 0. The van der Waals surface area contributed by atoms with Crippen LogP contribution < -0.4 is 0 Å². The Morgan fingerprint density at radius 2 is 2.06 bits per heavy atom. The van der Waals surface area contributed by atoms with E-state index in [1.807, 2.05) is 37.4 Å². The molecule has 0 atom stereocenters. The number of benzene rings is 1. The molecule has 0 aliphatic carbocycles. The summed E-state index contributed by atoms with van der Waals surface area (Å²) >= 11 is 5.81. The van der Waals surface area contributed by atoms with Crippen LogP contribution in [0.15, 0.2) is 30.5 Å². The lowest BCUT2D eigenvalue weighted by molar-refractivity contribution is -0.107. The summed E-state index contributed by atoms with van der Waals surface area (Å²) in [5.41, 5.74) is 2.76. The highest BCUT2D eigenvalue weighted by Gasteiger charge is 2.05. The molecule has 0 saturated carbocycles. The fourth-order valence-corrected chi connectivity index (χ4v) is 1.64. The van der Waals surface area contributed by atoms with Crippen molar-refractivity contribution in [3.63, 3.8) is 0 Å². The standard InChI is InChI=1S/C12H11ClN2O/c1-9-10(6-7-16)8-15(14-9)12-4-2-11(13)3-5-12/h2-5,7-8H,6H2,1H3. The fourth-order valence-electron chi connectivity index (χ4n) is 1.51. The van der Waals surface area contributed by atoms with E-state index in [0.717, 1.165) is 23.2 Å². The molecule has 0 aliphatic heterocycles. The Morgan fingerprint density at radius 1 is 1.38 bits per heavy atom. The molecule has 0 unspecified atom stereocenters. The number of halogens is 1. The van der Waals surface area contributed by atoms with E-state index in [2.05, 4.69) is 5.10 Å². The fraction of sp³-hybridized carbons (Fsp3) is 0.167. The monoisotopic (exact) mass is 234 g/mol. The van der Waals surface area contributed by atoms with Crippen molar-refractivity contribution in [2.24, 2.45) is 0 Å². The summed E-state index contributed by atoms with van der Waals surface area (Å²) in [4.78, 5) is 10.5. The number of carbonyl (C=O) groups excluding carboxylic acids is 1. The molecule has 82 valence electrons. The number of hydrogen-bond donors (Lipinski definition) is 0. The van der Waals surface area contributed by atoms with Crippen LogP contribution in [-0.4, -0.2) is 16.1 Å². The second-order valence-corrected chi connectivity index (χ2v) is 3.97. The third-order valence-corrected chi connectivity index (χ3v) is 2.65. The average molecular weight is 235 g/mol. The van der Waals surface area contributed by atoms with Crippen LogP contribution in [-0.2, 0) is 11.2 Å². The van der Waals surface area contributed by atoms with Crippen LogP contribution in [0.3, 0.4) is 0 Å². The molecule has 1 aromatic carbocycles. The highest BCUT2D eigenvalue weighted by molar-refractivity contribution is 6.30.